The van der Waals surface area contributed by atoms with Crippen molar-refractivity contribution in [2.45, 2.75) is 32.9 Å². The van der Waals surface area contributed by atoms with Crippen LogP contribution in [-0.2, 0) is 6.54 Å². The number of nitrogens with zero attached hydrogens (tertiary/aromatic N) is 3. The number of nitrogens with one attached hydrogen (secondary N) is 1. The number of pyridine rings is 1. The summed E-state index contributed by atoms with van der Waals surface area (Å²) < 4.78 is 2.13. The van der Waals surface area contributed by atoms with Crippen molar-refractivity contribution in [3.63, 3.8) is 0 Å². The molecule has 1 saturated heterocycles. The van der Waals surface area contributed by atoms with Gasteiger partial charge in [0.05, 0.1) is 5.69 Å². The molecule has 0 amide bonds. The minimum absolute atomic E-state index is 0.663. The Morgan fingerprint density at radius 1 is 1.42 bits per heavy atom. The molecule has 1 aliphatic heterocycles. The van der Waals surface area contributed by atoms with E-state index in [0.29, 0.717) is 6.04 Å². The predicted molar refractivity (Wildman–Crippen MR) is 77.3 cm³/mol. The summed E-state index contributed by atoms with van der Waals surface area (Å²) in [5.74, 6) is 0. The molecule has 1 fully saturated rings. The van der Waals surface area contributed by atoms with E-state index in [1.54, 1.807) is 0 Å². The van der Waals surface area contributed by atoms with Crippen molar-refractivity contribution in [3.05, 3.63) is 35.8 Å². The highest BCUT2D eigenvalue weighted by atomic mass is 15.2. The molecule has 0 spiro atoms. The molecule has 1 aliphatic rings. The third-order valence-electron chi connectivity index (χ3n) is 3.97. The summed E-state index contributed by atoms with van der Waals surface area (Å²) in [5, 5.41) is 3.44. The Balaban J connectivity index is 1.79. The standard InChI is InChI=1S/C15H22N4/c1-3-18(14-6-7-16-8-14)10-13-11-19-9-12(2)4-5-15(19)17-13/h4-5,9,11,14,16H,3,6-8,10H2,1-2H3. The second-order valence-electron chi connectivity index (χ2n) is 5.41. The Morgan fingerprint density at radius 2 is 2.32 bits per heavy atom. The molecule has 3 heterocycles. The molecule has 3 rings (SSSR count). The van der Waals surface area contributed by atoms with E-state index in [0.717, 1.165) is 31.8 Å². The summed E-state index contributed by atoms with van der Waals surface area (Å²) in [6.45, 7) is 8.63. The van der Waals surface area contributed by atoms with Crippen molar-refractivity contribution >= 4 is 5.65 Å². The van der Waals surface area contributed by atoms with Crippen LogP contribution in [-0.4, -0.2) is 40.0 Å². The normalized spacial score (nSPS) is 19.6. The summed E-state index contributed by atoms with van der Waals surface area (Å²) in [6.07, 6.45) is 5.55. The fourth-order valence-electron chi connectivity index (χ4n) is 2.89. The van der Waals surface area contributed by atoms with Crippen LogP contribution >= 0.6 is 0 Å². The summed E-state index contributed by atoms with van der Waals surface area (Å²) in [5.41, 5.74) is 3.48. The van der Waals surface area contributed by atoms with Crippen LogP contribution in [0.2, 0.25) is 0 Å². The van der Waals surface area contributed by atoms with Gasteiger partial charge in [-0.25, -0.2) is 4.98 Å². The van der Waals surface area contributed by atoms with Gasteiger partial charge in [0.1, 0.15) is 5.65 Å². The van der Waals surface area contributed by atoms with Gasteiger partial charge in [0.15, 0.2) is 0 Å². The van der Waals surface area contributed by atoms with E-state index in [4.69, 9.17) is 4.98 Å². The lowest BCUT2D eigenvalue weighted by Gasteiger charge is -2.25. The van der Waals surface area contributed by atoms with E-state index in [1.807, 2.05) is 0 Å². The van der Waals surface area contributed by atoms with Crippen LogP contribution in [0.3, 0.4) is 0 Å². The van der Waals surface area contributed by atoms with Gasteiger partial charge >= 0.3 is 0 Å². The van der Waals surface area contributed by atoms with Crippen molar-refractivity contribution in [3.8, 4) is 0 Å². The molecule has 0 bridgehead atoms. The number of rotatable bonds is 4. The van der Waals surface area contributed by atoms with Gasteiger partial charge in [-0.1, -0.05) is 13.0 Å². The second-order valence-corrected chi connectivity index (χ2v) is 5.41. The van der Waals surface area contributed by atoms with Gasteiger partial charge in [-0.15, -0.1) is 0 Å². The van der Waals surface area contributed by atoms with E-state index in [9.17, 15) is 0 Å². The second kappa shape index (κ2) is 5.31. The SMILES string of the molecule is CCN(Cc1cn2cc(C)ccc2n1)C1CCNC1. The van der Waals surface area contributed by atoms with Gasteiger partial charge in [-0.2, -0.15) is 0 Å². The monoisotopic (exact) mass is 258 g/mol. The smallest absolute Gasteiger partial charge is 0.137 e. The van der Waals surface area contributed by atoms with Crippen LogP contribution in [0, 0.1) is 6.92 Å². The first-order valence-corrected chi connectivity index (χ1v) is 7.15. The summed E-state index contributed by atoms with van der Waals surface area (Å²) in [6, 6.07) is 4.87. The first kappa shape index (κ1) is 12.6. The number of aryl methyl sites for hydroxylation is 1. The van der Waals surface area contributed by atoms with E-state index in [2.05, 4.69) is 53.0 Å². The van der Waals surface area contributed by atoms with E-state index in [-0.39, 0.29) is 0 Å². The molecule has 102 valence electrons. The minimum atomic E-state index is 0.663. The third kappa shape index (κ3) is 2.65. The molecule has 0 aromatic carbocycles. The third-order valence-corrected chi connectivity index (χ3v) is 3.97. The van der Waals surface area contributed by atoms with E-state index < -0.39 is 0 Å². The molecule has 0 aliphatic carbocycles. The highest BCUT2D eigenvalue weighted by molar-refractivity contribution is 5.41. The van der Waals surface area contributed by atoms with Crippen molar-refractivity contribution in [1.29, 1.82) is 0 Å². The number of aromatic nitrogens is 2. The molecular weight excluding hydrogens is 236 g/mol. The Labute approximate surface area is 114 Å². The fraction of sp³-hybridized carbons (Fsp3) is 0.533. The van der Waals surface area contributed by atoms with Gasteiger partial charge in [0.25, 0.3) is 0 Å². The van der Waals surface area contributed by atoms with Crippen LogP contribution in [0.15, 0.2) is 24.5 Å². The Bertz CT molecular complexity index is 554. The lowest BCUT2D eigenvalue weighted by molar-refractivity contribution is 0.208. The summed E-state index contributed by atoms with van der Waals surface area (Å²) in [7, 11) is 0. The summed E-state index contributed by atoms with van der Waals surface area (Å²) in [4.78, 5) is 7.24. The first-order chi connectivity index (χ1) is 9.26. The molecular formula is C15H22N4. The molecule has 19 heavy (non-hydrogen) atoms. The lowest BCUT2D eigenvalue weighted by Crippen LogP contribution is -2.36. The first-order valence-electron chi connectivity index (χ1n) is 7.15. The Kier molecular flexibility index (Phi) is 3.53. The number of fused-ring (bicyclic) bond motifs is 1. The van der Waals surface area contributed by atoms with Crippen molar-refractivity contribution in [1.82, 2.24) is 19.6 Å². The molecule has 0 radical (unpaired) electrons. The zero-order valence-electron chi connectivity index (χ0n) is 11.8. The topological polar surface area (TPSA) is 32.6 Å². The van der Waals surface area contributed by atoms with Crippen LogP contribution in [0.5, 0.6) is 0 Å². The minimum Gasteiger partial charge on any atom is -0.315 e. The Hall–Kier alpha value is -1.39. The van der Waals surface area contributed by atoms with Gasteiger partial charge in [-0.05, 0) is 38.1 Å². The molecule has 2 aromatic rings. The predicted octanol–water partition coefficient (Wildman–Crippen LogP) is 1.83. The highest BCUT2D eigenvalue weighted by Crippen LogP contribution is 2.14. The number of hydrogen-bond acceptors (Lipinski definition) is 3. The number of imidazole rings is 1. The zero-order chi connectivity index (χ0) is 13.2. The average molecular weight is 258 g/mol. The fourth-order valence-corrected chi connectivity index (χ4v) is 2.89. The highest BCUT2D eigenvalue weighted by Gasteiger charge is 2.21. The molecule has 4 heteroatoms. The van der Waals surface area contributed by atoms with Crippen LogP contribution in [0.25, 0.3) is 5.65 Å². The summed E-state index contributed by atoms with van der Waals surface area (Å²) >= 11 is 0. The van der Waals surface area contributed by atoms with Crippen LogP contribution < -0.4 is 5.32 Å². The number of likely N-dealkylation sites (N-methyl/N-ethyl adjacent to an activating group) is 1. The van der Waals surface area contributed by atoms with Crippen LogP contribution in [0.1, 0.15) is 24.6 Å². The Morgan fingerprint density at radius 3 is 3.05 bits per heavy atom. The lowest BCUT2D eigenvalue weighted by atomic mass is 10.2. The van der Waals surface area contributed by atoms with Gasteiger partial charge in [0.2, 0.25) is 0 Å². The van der Waals surface area contributed by atoms with Crippen molar-refractivity contribution in [2.75, 3.05) is 19.6 Å². The zero-order valence-corrected chi connectivity index (χ0v) is 11.8. The average Bonchev–Trinajstić information content (AvgIpc) is 3.04. The molecule has 1 N–H and O–H groups in total. The van der Waals surface area contributed by atoms with Gasteiger partial charge in [0, 0.05) is 31.5 Å². The van der Waals surface area contributed by atoms with Gasteiger partial charge in [-0.3, -0.25) is 4.90 Å². The van der Waals surface area contributed by atoms with Gasteiger partial charge < -0.3 is 9.72 Å². The molecule has 0 saturated carbocycles. The molecule has 1 unspecified atom stereocenters. The van der Waals surface area contributed by atoms with E-state index >= 15 is 0 Å². The maximum absolute atomic E-state index is 4.71. The largest absolute Gasteiger partial charge is 0.315 e. The molecule has 4 nitrogen and oxygen atoms in total. The van der Waals surface area contributed by atoms with E-state index in [1.165, 1.54) is 17.7 Å². The van der Waals surface area contributed by atoms with Crippen molar-refractivity contribution in [2.24, 2.45) is 0 Å². The number of hydrogen-bond donors (Lipinski definition) is 1. The quantitative estimate of drug-likeness (QED) is 0.908. The maximum Gasteiger partial charge on any atom is 0.137 e. The maximum atomic E-state index is 4.71. The van der Waals surface area contributed by atoms with Crippen LogP contribution in [0.4, 0.5) is 0 Å². The van der Waals surface area contributed by atoms with Crippen molar-refractivity contribution < 1.29 is 0 Å². The molecule has 1 atom stereocenters. The molecule has 2 aromatic heterocycles.